The number of likely N-dealkylation sites (N-methyl/N-ethyl adjacent to an activating group) is 1. The Balaban J connectivity index is 1.22. The van der Waals surface area contributed by atoms with Crippen LogP contribution in [0.5, 0.6) is 11.5 Å². The van der Waals surface area contributed by atoms with Crippen molar-refractivity contribution in [1.82, 2.24) is 25.4 Å². The van der Waals surface area contributed by atoms with Gasteiger partial charge in [-0.3, -0.25) is 19.2 Å². The fourth-order valence-electron chi connectivity index (χ4n) is 7.71. The lowest BCUT2D eigenvalue weighted by atomic mass is 9.79. The van der Waals surface area contributed by atoms with E-state index in [-0.39, 0.29) is 60.4 Å². The number of piperidine rings is 1. The summed E-state index contributed by atoms with van der Waals surface area (Å²) in [5.74, 6) is -1.45. The Labute approximate surface area is 309 Å². The van der Waals surface area contributed by atoms with Gasteiger partial charge in [-0.15, -0.1) is 0 Å². The van der Waals surface area contributed by atoms with E-state index in [9.17, 15) is 23.6 Å². The first-order valence-corrected chi connectivity index (χ1v) is 18.3. The minimum absolute atomic E-state index is 0.0605. The second kappa shape index (κ2) is 16.5. The van der Waals surface area contributed by atoms with Crippen molar-refractivity contribution >= 4 is 34.5 Å². The van der Waals surface area contributed by atoms with Crippen LogP contribution in [0.4, 0.5) is 4.39 Å². The highest BCUT2D eigenvalue weighted by Crippen LogP contribution is 2.38. The van der Waals surface area contributed by atoms with Crippen LogP contribution in [0.2, 0.25) is 0 Å². The first-order chi connectivity index (χ1) is 25.5. The zero-order valence-corrected chi connectivity index (χ0v) is 30.7. The summed E-state index contributed by atoms with van der Waals surface area (Å²) in [6, 6.07) is 18.7. The molecule has 4 aromatic rings. The number of rotatable bonds is 13. The number of amides is 4. The van der Waals surface area contributed by atoms with Crippen molar-refractivity contribution in [3.63, 3.8) is 0 Å². The van der Waals surface area contributed by atoms with Gasteiger partial charge in [0.25, 0.3) is 5.91 Å². The Morgan fingerprint density at radius 2 is 1.72 bits per heavy atom. The van der Waals surface area contributed by atoms with Crippen molar-refractivity contribution in [2.24, 2.45) is 17.8 Å². The normalized spacial score (nSPS) is 18.8. The Hall–Kier alpha value is -5.39. The number of benzene rings is 3. The van der Waals surface area contributed by atoms with Crippen LogP contribution in [0.15, 0.2) is 72.9 Å². The Morgan fingerprint density at radius 1 is 0.943 bits per heavy atom. The lowest BCUT2D eigenvalue weighted by Gasteiger charge is -2.40. The molecular weight excluding hydrogens is 677 g/mol. The second-order valence-corrected chi connectivity index (χ2v) is 14.3. The summed E-state index contributed by atoms with van der Waals surface area (Å²) in [6.07, 6.45) is 3.58. The Morgan fingerprint density at radius 3 is 2.45 bits per heavy atom. The SMILES string of the molecule is CNC(=O)C(CCCc1ccccc1)NC(=O)C1CN(C(=O)Cc2c[nH]c3cc(F)ccc23)CC2CN(C(=O)c3ccc(OC(C)C)c(OC)c3)CC21. The first-order valence-electron chi connectivity index (χ1n) is 18.3. The Kier molecular flexibility index (Phi) is 11.6. The molecule has 2 aliphatic rings. The topological polar surface area (TPSA) is 133 Å². The molecular formula is C41H48FN5O6. The quantitative estimate of drug-likeness (QED) is 0.182. The van der Waals surface area contributed by atoms with Crippen molar-refractivity contribution in [3.8, 4) is 11.5 Å². The van der Waals surface area contributed by atoms with E-state index in [1.165, 1.54) is 19.2 Å². The van der Waals surface area contributed by atoms with E-state index < -0.39 is 12.0 Å². The van der Waals surface area contributed by atoms with Gasteiger partial charge in [0.1, 0.15) is 11.9 Å². The number of H-pyrrole nitrogens is 1. The van der Waals surface area contributed by atoms with E-state index in [1.807, 2.05) is 44.2 Å². The average molecular weight is 726 g/mol. The molecule has 0 spiro atoms. The summed E-state index contributed by atoms with van der Waals surface area (Å²) in [6.45, 7) is 5.01. The maximum atomic E-state index is 14.2. The van der Waals surface area contributed by atoms with E-state index in [2.05, 4.69) is 15.6 Å². The van der Waals surface area contributed by atoms with E-state index in [1.54, 1.807) is 47.3 Å². The molecule has 280 valence electrons. The molecule has 4 unspecified atom stereocenters. The lowest BCUT2D eigenvalue weighted by Crippen LogP contribution is -2.56. The van der Waals surface area contributed by atoms with Crippen LogP contribution in [0.25, 0.3) is 10.9 Å². The molecule has 0 aliphatic carbocycles. The molecule has 4 amide bonds. The van der Waals surface area contributed by atoms with Crippen molar-refractivity contribution in [2.75, 3.05) is 40.3 Å². The molecule has 2 aliphatic heterocycles. The monoisotopic (exact) mass is 725 g/mol. The number of methoxy groups -OCH3 is 1. The van der Waals surface area contributed by atoms with Gasteiger partial charge in [0.05, 0.1) is 25.6 Å². The third-order valence-corrected chi connectivity index (χ3v) is 10.4. The summed E-state index contributed by atoms with van der Waals surface area (Å²) >= 11 is 0. The number of halogens is 1. The maximum absolute atomic E-state index is 14.2. The molecule has 4 atom stereocenters. The number of nitrogens with zero attached hydrogens (tertiary/aromatic N) is 2. The van der Waals surface area contributed by atoms with Gasteiger partial charge in [0.15, 0.2) is 11.5 Å². The summed E-state index contributed by atoms with van der Waals surface area (Å²) in [5.41, 5.74) is 2.91. The van der Waals surface area contributed by atoms with E-state index in [0.29, 0.717) is 55.1 Å². The van der Waals surface area contributed by atoms with Crippen LogP contribution in [-0.4, -0.2) is 90.9 Å². The molecule has 0 saturated carbocycles. The van der Waals surface area contributed by atoms with Crippen LogP contribution in [-0.2, 0) is 27.2 Å². The second-order valence-electron chi connectivity index (χ2n) is 14.3. The van der Waals surface area contributed by atoms with Gasteiger partial charge in [-0.1, -0.05) is 30.3 Å². The van der Waals surface area contributed by atoms with Crippen LogP contribution in [0, 0.1) is 23.6 Å². The van der Waals surface area contributed by atoms with Crippen LogP contribution >= 0.6 is 0 Å². The van der Waals surface area contributed by atoms with Crippen LogP contribution in [0.1, 0.15) is 48.2 Å². The Bertz CT molecular complexity index is 1950. The van der Waals surface area contributed by atoms with E-state index in [0.717, 1.165) is 22.9 Å². The van der Waals surface area contributed by atoms with Gasteiger partial charge in [-0.05, 0) is 92.5 Å². The minimum Gasteiger partial charge on any atom is -0.493 e. The maximum Gasteiger partial charge on any atom is 0.254 e. The number of nitrogens with one attached hydrogen (secondary N) is 3. The zero-order valence-electron chi connectivity index (χ0n) is 30.7. The minimum atomic E-state index is -0.759. The van der Waals surface area contributed by atoms with E-state index >= 15 is 0 Å². The van der Waals surface area contributed by atoms with Crippen LogP contribution < -0.4 is 20.1 Å². The average Bonchev–Trinajstić information content (AvgIpc) is 3.77. The number of carbonyl (C=O) groups excluding carboxylic acids is 4. The standard InChI is InChI=1S/C41H48FN5O6/c1-25(2)53-36-16-13-27(17-37(36)52-4)41(51)47-22-29-21-46(38(48)18-28-20-44-35-19-30(42)14-15-31(28)35)24-33(32(29)23-47)39(49)45-34(40(50)43-3)12-8-11-26-9-6-5-7-10-26/h5-7,9-10,13-17,19-20,25,29,32-34,44H,8,11-12,18,21-24H2,1-4H3,(H,43,50)(H,45,49). The number of aromatic amines is 1. The fraction of sp³-hybridized carbons (Fsp3) is 0.415. The lowest BCUT2D eigenvalue weighted by molar-refractivity contribution is -0.140. The molecule has 1 aromatic heterocycles. The first kappa shape index (κ1) is 37.4. The largest absolute Gasteiger partial charge is 0.493 e. The van der Waals surface area contributed by atoms with Gasteiger partial charge in [0.2, 0.25) is 17.7 Å². The van der Waals surface area contributed by atoms with Gasteiger partial charge in [0, 0.05) is 55.9 Å². The molecule has 11 nitrogen and oxygen atoms in total. The third kappa shape index (κ3) is 8.64. The molecule has 53 heavy (non-hydrogen) atoms. The summed E-state index contributed by atoms with van der Waals surface area (Å²) in [5, 5.41) is 6.46. The highest BCUT2D eigenvalue weighted by Gasteiger charge is 2.48. The number of aromatic nitrogens is 1. The summed E-state index contributed by atoms with van der Waals surface area (Å²) in [4.78, 5) is 61.6. The van der Waals surface area contributed by atoms with Gasteiger partial charge in [-0.2, -0.15) is 0 Å². The van der Waals surface area contributed by atoms with Gasteiger partial charge < -0.3 is 34.9 Å². The number of fused-ring (bicyclic) bond motifs is 2. The smallest absolute Gasteiger partial charge is 0.254 e. The van der Waals surface area contributed by atoms with Crippen molar-refractivity contribution < 1.29 is 33.0 Å². The molecule has 0 radical (unpaired) electrons. The van der Waals surface area contributed by atoms with Gasteiger partial charge in [-0.25, -0.2) is 4.39 Å². The molecule has 3 heterocycles. The number of likely N-dealkylation sites (tertiary alicyclic amines) is 2. The number of aryl methyl sites for hydroxylation is 1. The van der Waals surface area contributed by atoms with Crippen molar-refractivity contribution in [2.45, 2.75) is 51.7 Å². The zero-order chi connectivity index (χ0) is 37.6. The molecule has 12 heteroatoms. The number of ether oxygens (including phenoxy) is 2. The number of hydrogen-bond acceptors (Lipinski definition) is 6. The highest BCUT2D eigenvalue weighted by atomic mass is 19.1. The summed E-state index contributed by atoms with van der Waals surface area (Å²) in [7, 11) is 3.07. The highest BCUT2D eigenvalue weighted by molar-refractivity contribution is 5.95. The molecule has 6 rings (SSSR count). The molecule has 2 fully saturated rings. The number of carbonyl (C=O) groups is 4. The molecule has 2 saturated heterocycles. The molecule has 3 N–H and O–H groups in total. The predicted octanol–water partition coefficient (Wildman–Crippen LogP) is 4.75. The van der Waals surface area contributed by atoms with Crippen LogP contribution in [0.3, 0.4) is 0 Å². The summed E-state index contributed by atoms with van der Waals surface area (Å²) < 4.78 is 25.2. The van der Waals surface area contributed by atoms with Crippen molar-refractivity contribution in [1.29, 1.82) is 0 Å². The third-order valence-electron chi connectivity index (χ3n) is 10.4. The number of hydrogen-bond donors (Lipinski definition) is 3. The molecule has 3 aromatic carbocycles. The fourth-order valence-corrected chi connectivity index (χ4v) is 7.71. The molecule has 0 bridgehead atoms. The van der Waals surface area contributed by atoms with Crippen molar-refractivity contribution in [3.05, 3.63) is 95.4 Å². The predicted molar refractivity (Wildman–Crippen MR) is 199 cm³/mol. The van der Waals surface area contributed by atoms with E-state index in [4.69, 9.17) is 9.47 Å². The van der Waals surface area contributed by atoms with Gasteiger partial charge >= 0.3 is 0 Å².